The Morgan fingerprint density at radius 1 is 1.18 bits per heavy atom. The highest BCUT2D eigenvalue weighted by atomic mass is 16.6. The van der Waals surface area contributed by atoms with E-state index in [2.05, 4.69) is 14.8 Å². The van der Waals surface area contributed by atoms with Gasteiger partial charge < -0.3 is 14.5 Å². The SMILES string of the molecule is CCOC(=O)c1ccc(N2CCCN(c3ccc([N+](=O)[O-])c(C)c3)CC2)nc1. The zero-order chi connectivity index (χ0) is 20.1. The summed E-state index contributed by atoms with van der Waals surface area (Å²) in [5.74, 6) is 0.465. The smallest absolute Gasteiger partial charge is 0.339 e. The molecule has 28 heavy (non-hydrogen) atoms. The molecule has 0 unspecified atom stereocenters. The number of esters is 1. The normalized spacial score (nSPS) is 14.5. The summed E-state index contributed by atoms with van der Waals surface area (Å²) in [6, 6.07) is 8.84. The topological polar surface area (TPSA) is 88.8 Å². The number of carbonyl (C=O) groups is 1. The summed E-state index contributed by atoms with van der Waals surface area (Å²) in [5.41, 5.74) is 2.25. The molecule has 1 aromatic carbocycles. The van der Waals surface area contributed by atoms with Gasteiger partial charge in [0, 0.05) is 49.7 Å². The Morgan fingerprint density at radius 3 is 2.57 bits per heavy atom. The summed E-state index contributed by atoms with van der Waals surface area (Å²) >= 11 is 0. The van der Waals surface area contributed by atoms with Gasteiger partial charge in [-0.25, -0.2) is 9.78 Å². The minimum Gasteiger partial charge on any atom is -0.462 e. The number of hydrogen-bond donors (Lipinski definition) is 0. The number of nitro benzene ring substituents is 1. The highest BCUT2D eigenvalue weighted by Gasteiger charge is 2.19. The predicted molar refractivity (Wildman–Crippen MR) is 107 cm³/mol. The molecule has 8 heteroatoms. The van der Waals surface area contributed by atoms with Crippen LogP contribution in [-0.4, -0.2) is 48.7 Å². The van der Waals surface area contributed by atoms with E-state index in [-0.39, 0.29) is 16.6 Å². The fraction of sp³-hybridized carbons (Fsp3) is 0.400. The molecule has 1 aliphatic heterocycles. The quantitative estimate of drug-likeness (QED) is 0.444. The van der Waals surface area contributed by atoms with Crippen LogP contribution >= 0.6 is 0 Å². The van der Waals surface area contributed by atoms with Crippen LogP contribution in [0, 0.1) is 17.0 Å². The van der Waals surface area contributed by atoms with Crippen molar-refractivity contribution in [3.05, 3.63) is 57.8 Å². The standard InChI is InChI=1S/C20H24N4O4/c1-3-28-20(25)16-5-8-19(21-14-16)23-10-4-9-22(11-12-23)17-6-7-18(24(26)27)15(2)13-17/h5-8,13-14H,3-4,9-12H2,1-2H3. The molecule has 2 aromatic rings. The van der Waals surface area contributed by atoms with Crippen molar-refractivity contribution in [1.82, 2.24) is 4.98 Å². The number of nitrogens with zero attached hydrogens (tertiary/aromatic N) is 4. The molecule has 0 spiro atoms. The molecular weight excluding hydrogens is 360 g/mol. The molecule has 0 radical (unpaired) electrons. The zero-order valence-electron chi connectivity index (χ0n) is 16.1. The molecular formula is C20H24N4O4. The van der Waals surface area contributed by atoms with Gasteiger partial charge in [0.15, 0.2) is 0 Å². The summed E-state index contributed by atoms with van der Waals surface area (Å²) < 4.78 is 4.99. The highest BCUT2D eigenvalue weighted by molar-refractivity contribution is 5.89. The largest absolute Gasteiger partial charge is 0.462 e. The molecule has 0 aliphatic carbocycles. The fourth-order valence-electron chi connectivity index (χ4n) is 3.35. The van der Waals surface area contributed by atoms with Gasteiger partial charge in [-0.15, -0.1) is 0 Å². The van der Waals surface area contributed by atoms with Crippen LogP contribution in [-0.2, 0) is 4.74 Å². The Balaban J connectivity index is 1.67. The summed E-state index contributed by atoms with van der Waals surface area (Å²) in [6.45, 7) is 7.17. The van der Waals surface area contributed by atoms with Crippen molar-refractivity contribution in [3.63, 3.8) is 0 Å². The second kappa shape index (κ2) is 8.69. The van der Waals surface area contributed by atoms with Crippen LogP contribution in [0.5, 0.6) is 0 Å². The highest BCUT2D eigenvalue weighted by Crippen LogP contribution is 2.25. The minimum absolute atomic E-state index is 0.145. The van der Waals surface area contributed by atoms with Crippen molar-refractivity contribution in [2.45, 2.75) is 20.3 Å². The third-order valence-corrected chi connectivity index (χ3v) is 4.82. The second-order valence-corrected chi connectivity index (χ2v) is 6.68. The maximum atomic E-state index is 11.8. The van der Waals surface area contributed by atoms with Crippen molar-refractivity contribution >= 4 is 23.2 Å². The van der Waals surface area contributed by atoms with Crippen LogP contribution in [0.4, 0.5) is 17.2 Å². The first-order valence-corrected chi connectivity index (χ1v) is 9.37. The number of carbonyl (C=O) groups excluding carboxylic acids is 1. The number of aromatic nitrogens is 1. The summed E-state index contributed by atoms with van der Waals surface area (Å²) in [6.07, 6.45) is 2.49. The number of aryl methyl sites for hydroxylation is 1. The average Bonchev–Trinajstić information content (AvgIpc) is 2.94. The molecule has 3 rings (SSSR count). The Kier molecular flexibility index (Phi) is 6.08. The van der Waals surface area contributed by atoms with E-state index in [1.807, 2.05) is 18.2 Å². The van der Waals surface area contributed by atoms with Crippen LogP contribution in [0.15, 0.2) is 36.5 Å². The summed E-state index contributed by atoms with van der Waals surface area (Å²) in [4.78, 5) is 31.3. The van der Waals surface area contributed by atoms with E-state index in [9.17, 15) is 14.9 Å². The lowest BCUT2D eigenvalue weighted by atomic mass is 10.1. The van der Waals surface area contributed by atoms with Gasteiger partial charge >= 0.3 is 5.97 Å². The van der Waals surface area contributed by atoms with E-state index in [1.165, 1.54) is 0 Å². The zero-order valence-corrected chi connectivity index (χ0v) is 16.1. The fourth-order valence-corrected chi connectivity index (χ4v) is 3.35. The number of nitro groups is 1. The van der Waals surface area contributed by atoms with Crippen LogP contribution in [0.2, 0.25) is 0 Å². The molecule has 1 aromatic heterocycles. The van der Waals surface area contributed by atoms with E-state index in [0.29, 0.717) is 17.7 Å². The lowest BCUT2D eigenvalue weighted by Crippen LogP contribution is -2.31. The number of benzene rings is 1. The monoisotopic (exact) mass is 384 g/mol. The molecule has 0 bridgehead atoms. The molecule has 0 saturated carbocycles. The van der Waals surface area contributed by atoms with E-state index >= 15 is 0 Å². The van der Waals surface area contributed by atoms with Crippen molar-refractivity contribution in [3.8, 4) is 0 Å². The van der Waals surface area contributed by atoms with Gasteiger partial charge in [0.1, 0.15) is 5.82 Å². The van der Waals surface area contributed by atoms with Gasteiger partial charge in [-0.05, 0) is 44.5 Å². The Morgan fingerprint density at radius 2 is 1.93 bits per heavy atom. The summed E-state index contributed by atoms with van der Waals surface area (Å²) in [7, 11) is 0. The molecule has 8 nitrogen and oxygen atoms in total. The van der Waals surface area contributed by atoms with Gasteiger partial charge in [0.2, 0.25) is 0 Å². The Hall–Kier alpha value is -3.16. The minimum atomic E-state index is -0.364. The van der Waals surface area contributed by atoms with E-state index in [4.69, 9.17) is 4.74 Å². The predicted octanol–water partition coefficient (Wildman–Crippen LogP) is 3.19. The molecule has 0 N–H and O–H groups in total. The Labute approximate surface area is 163 Å². The van der Waals surface area contributed by atoms with Crippen molar-refractivity contribution in [1.29, 1.82) is 0 Å². The second-order valence-electron chi connectivity index (χ2n) is 6.68. The third kappa shape index (κ3) is 4.39. The summed E-state index contributed by atoms with van der Waals surface area (Å²) in [5, 5.41) is 11.0. The van der Waals surface area contributed by atoms with E-state index in [0.717, 1.165) is 44.1 Å². The van der Waals surface area contributed by atoms with Crippen LogP contribution in [0.3, 0.4) is 0 Å². The molecule has 0 atom stereocenters. The first-order valence-electron chi connectivity index (χ1n) is 9.37. The average molecular weight is 384 g/mol. The van der Waals surface area contributed by atoms with Crippen LogP contribution in [0.1, 0.15) is 29.3 Å². The number of anilines is 2. The maximum absolute atomic E-state index is 11.8. The third-order valence-electron chi connectivity index (χ3n) is 4.82. The molecule has 0 amide bonds. The number of pyridine rings is 1. The van der Waals surface area contributed by atoms with E-state index in [1.54, 1.807) is 32.2 Å². The van der Waals surface area contributed by atoms with Gasteiger partial charge in [0.25, 0.3) is 5.69 Å². The molecule has 1 saturated heterocycles. The van der Waals surface area contributed by atoms with Gasteiger partial charge in [0.05, 0.1) is 17.1 Å². The maximum Gasteiger partial charge on any atom is 0.339 e. The van der Waals surface area contributed by atoms with Gasteiger partial charge in [-0.2, -0.15) is 0 Å². The van der Waals surface area contributed by atoms with Crippen LogP contribution < -0.4 is 9.80 Å². The Bertz CT molecular complexity index is 854. The molecule has 1 aliphatic rings. The molecule has 1 fully saturated rings. The van der Waals surface area contributed by atoms with E-state index < -0.39 is 0 Å². The molecule has 2 heterocycles. The number of rotatable bonds is 5. The van der Waals surface area contributed by atoms with Gasteiger partial charge in [-0.1, -0.05) is 0 Å². The van der Waals surface area contributed by atoms with Crippen molar-refractivity contribution < 1.29 is 14.5 Å². The van der Waals surface area contributed by atoms with Crippen LogP contribution in [0.25, 0.3) is 0 Å². The first kappa shape index (κ1) is 19.6. The lowest BCUT2D eigenvalue weighted by Gasteiger charge is -2.24. The lowest BCUT2D eigenvalue weighted by molar-refractivity contribution is -0.385. The first-order chi connectivity index (χ1) is 13.5. The molecule has 148 valence electrons. The van der Waals surface area contributed by atoms with Crippen molar-refractivity contribution in [2.24, 2.45) is 0 Å². The van der Waals surface area contributed by atoms with Gasteiger partial charge in [-0.3, -0.25) is 10.1 Å². The number of hydrogen-bond acceptors (Lipinski definition) is 7. The number of ether oxygens (including phenoxy) is 1. The van der Waals surface area contributed by atoms with Crippen molar-refractivity contribution in [2.75, 3.05) is 42.6 Å².